The summed E-state index contributed by atoms with van der Waals surface area (Å²) in [6.45, 7) is 1.52. The normalized spacial score (nSPS) is 17.2. The van der Waals surface area contributed by atoms with Crippen molar-refractivity contribution in [2.45, 2.75) is 30.8 Å². The van der Waals surface area contributed by atoms with Gasteiger partial charge in [0, 0.05) is 24.6 Å². The Hall–Kier alpha value is -2.78. The smallest absolute Gasteiger partial charge is 0.324 e. The number of sulfonamides is 1. The van der Waals surface area contributed by atoms with Crippen LogP contribution >= 0.6 is 0 Å². The molecule has 0 bridgehead atoms. The molecular formula is C18H18N2O6S. The van der Waals surface area contributed by atoms with Gasteiger partial charge >= 0.3 is 5.97 Å². The molecule has 0 saturated carbocycles. The van der Waals surface area contributed by atoms with Gasteiger partial charge in [0.1, 0.15) is 6.04 Å². The fourth-order valence-corrected chi connectivity index (χ4v) is 4.75. The van der Waals surface area contributed by atoms with Crippen molar-refractivity contribution in [2.24, 2.45) is 0 Å². The minimum atomic E-state index is -4.15. The molecule has 0 amide bonds. The molecule has 142 valence electrons. The lowest BCUT2D eigenvalue weighted by atomic mass is 9.96. The monoisotopic (exact) mass is 390 g/mol. The molecule has 1 aliphatic heterocycles. The van der Waals surface area contributed by atoms with Crippen LogP contribution in [0.3, 0.4) is 0 Å². The van der Waals surface area contributed by atoms with E-state index in [1.54, 1.807) is 12.1 Å². The van der Waals surface area contributed by atoms with Crippen molar-refractivity contribution >= 4 is 21.7 Å². The lowest BCUT2D eigenvalue weighted by Gasteiger charge is -2.34. The van der Waals surface area contributed by atoms with Gasteiger partial charge < -0.3 is 4.74 Å². The van der Waals surface area contributed by atoms with Gasteiger partial charge in [-0.15, -0.1) is 0 Å². The Labute approximate surface area is 156 Å². The summed E-state index contributed by atoms with van der Waals surface area (Å²) in [7, 11) is -2.95. The average molecular weight is 390 g/mol. The van der Waals surface area contributed by atoms with Gasteiger partial charge in [-0.25, -0.2) is 8.42 Å². The van der Waals surface area contributed by atoms with Crippen LogP contribution in [0.25, 0.3) is 0 Å². The number of fused-ring (bicyclic) bond motifs is 1. The van der Waals surface area contributed by atoms with E-state index in [1.165, 1.54) is 26.2 Å². The second kappa shape index (κ2) is 7.09. The third-order valence-electron chi connectivity index (χ3n) is 4.66. The van der Waals surface area contributed by atoms with Crippen molar-refractivity contribution in [3.63, 3.8) is 0 Å². The molecule has 9 heteroatoms. The fraction of sp³-hybridized carbons (Fsp3) is 0.278. The number of carbonyl (C=O) groups is 1. The molecule has 0 saturated heterocycles. The van der Waals surface area contributed by atoms with Gasteiger partial charge in [-0.3, -0.25) is 14.9 Å². The third kappa shape index (κ3) is 3.43. The maximum absolute atomic E-state index is 13.2. The number of hydrogen-bond donors (Lipinski definition) is 0. The average Bonchev–Trinajstić information content (AvgIpc) is 2.66. The Balaban J connectivity index is 2.10. The number of rotatable bonds is 4. The van der Waals surface area contributed by atoms with Gasteiger partial charge in [0.2, 0.25) is 10.0 Å². The van der Waals surface area contributed by atoms with Crippen molar-refractivity contribution in [3.05, 3.63) is 69.3 Å². The number of benzene rings is 2. The number of ether oxygens (including phenoxy) is 1. The highest BCUT2D eigenvalue weighted by Gasteiger charge is 2.40. The zero-order chi connectivity index (χ0) is 19.8. The Morgan fingerprint density at radius 1 is 1.22 bits per heavy atom. The number of carbonyl (C=O) groups excluding carboxylic acids is 1. The fourth-order valence-electron chi connectivity index (χ4n) is 3.17. The molecule has 0 radical (unpaired) electrons. The number of methoxy groups -OCH3 is 1. The quantitative estimate of drug-likeness (QED) is 0.450. The Bertz CT molecular complexity index is 1020. The summed E-state index contributed by atoms with van der Waals surface area (Å²) in [4.78, 5) is 22.6. The van der Waals surface area contributed by atoms with Crippen molar-refractivity contribution in [3.8, 4) is 0 Å². The van der Waals surface area contributed by atoms with E-state index < -0.39 is 27.0 Å². The molecule has 0 aromatic heterocycles. The van der Waals surface area contributed by atoms with Crippen LogP contribution in [0, 0.1) is 17.0 Å². The number of nitro benzene ring substituents is 1. The van der Waals surface area contributed by atoms with Crippen LogP contribution in [0.2, 0.25) is 0 Å². The SMILES string of the molecule is COC(=O)[C@@H]1Cc2ccccc2CN1S(=O)(=O)c1ccc(C)c([N+](=O)[O-])c1. The number of hydrogen-bond acceptors (Lipinski definition) is 6. The molecule has 8 nitrogen and oxygen atoms in total. The minimum Gasteiger partial charge on any atom is -0.468 e. The zero-order valence-corrected chi connectivity index (χ0v) is 15.6. The molecule has 3 rings (SSSR count). The van der Waals surface area contributed by atoms with Crippen LogP contribution in [0.4, 0.5) is 5.69 Å². The Morgan fingerprint density at radius 2 is 1.89 bits per heavy atom. The van der Waals surface area contributed by atoms with Crippen LogP contribution in [-0.4, -0.2) is 36.8 Å². The number of nitrogens with zero attached hydrogens (tertiary/aromatic N) is 2. The largest absolute Gasteiger partial charge is 0.468 e. The summed E-state index contributed by atoms with van der Waals surface area (Å²) in [6.07, 6.45) is 0.177. The first-order valence-electron chi connectivity index (χ1n) is 8.17. The zero-order valence-electron chi connectivity index (χ0n) is 14.8. The Morgan fingerprint density at radius 3 is 2.52 bits per heavy atom. The summed E-state index contributed by atoms with van der Waals surface area (Å²) in [5.74, 6) is -0.672. The minimum absolute atomic E-state index is 0.0139. The van der Waals surface area contributed by atoms with E-state index >= 15 is 0 Å². The predicted octanol–water partition coefficient (Wildman–Crippen LogP) is 2.19. The van der Waals surface area contributed by atoms with Crippen molar-refractivity contribution < 1.29 is 22.9 Å². The van der Waals surface area contributed by atoms with Gasteiger partial charge in [0.25, 0.3) is 5.69 Å². The molecule has 1 aliphatic rings. The molecule has 0 spiro atoms. The van der Waals surface area contributed by atoms with Crippen molar-refractivity contribution in [1.82, 2.24) is 4.31 Å². The number of esters is 1. The number of nitro groups is 1. The topological polar surface area (TPSA) is 107 Å². The van der Waals surface area contributed by atoms with Gasteiger partial charge in [0.05, 0.1) is 16.9 Å². The maximum Gasteiger partial charge on any atom is 0.324 e. The van der Waals surface area contributed by atoms with Crippen LogP contribution < -0.4 is 0 Å². The third-order valence-corrected chi connectivity index (χ3v) is 6.51. The number of aryl methyl sites for hydroxylation is 1. The van der Waals surface area contributed by atoms with Crippen molar-refractivity contribution in [1.29, 1.82) is 0 Å². The second-order valence-electron chi connectivity index (χ2n) is 6.27. The van der Waals surface area contributed by atoms with Gasteiger partial charge in [-0.2, -0.15) is 4.31 Å². The molecule has 0 aliphatic carbocycles. The van der Waals surface area contributed by atoms with E-state index in [2.05, 4.69) is 0 Å². The Kier molecular flexibility index (Phi) is 4.99. The lowest BCUT2D eigenvalue weighted by Crippen LogP contribution is -2.49. The molecular weight excluding hydrogens is 372 g/mol. The molecule has 0 N–H and O–H groups in total. The van der Waals surface area contributed by atoms with Crippen LogP contribution in [0.1, 0.15) is 16.7 Å². The molecule has 0 fully saturated rings. The first kappa shape index (κ1) is 19.0. The van der Waals surface area contributed by atoms with Gasteiger partial charge in [-0.1, -0.05) is 30.3 Å². The summed E-state index contributed by atoms with van der Waals surface area (Å²) in [5, 5.41) is 11.2. The summed E-state index contributed by atoms with van der Waals surface area (Å²) in [5.41, 5.74) is 1.72. The highest BCUT2D eigenvalue weighted by molar-refractivity contribution is 7.89. The standard InChI is InChI=1S/C18H18N2O6S/c1-12-7-8-15(10-16(12)20(22)23)27(24,25)19-11-14-6-4-3-5-13(14)9-17(19)18(21)26-2/h3-8,10,17H,9,11H2,1-2H3/t17-/m0/s1. The predicted molar refractivity (Wildman–Crippen MR) is 96.5 cm³/mol. The molecule has 27 heavy (non-hydrogen) atoms. The van der Waals surface area contributed by atoms with Gasteiger partial charge in [0.15, 0.2) is 0 Å². The van der Waals surface area contributed by atoms with E-state index in [0.717, 1.165) is 21.5 Å². The van der Waals surface area contributed by atoms with E-state index in [9.17, 15) is 23.3 Å². The second-order valence-corrected chi connectivity index (χ2v) is 8.16. The maximum atomic E-state index is 13.2. The van der Waals surface area contributed by atoms with Crippen LogP contribution in [-0.2, 0) is 32.5 Å². The van der Waals surface area contributed by atoms with Crippen LogP contribution in [0.15, 0.2) is 47.4 Å². The highest BCUT2D eigenvalue weighted by Crippen LogP contribution is 2.31. The van der Waals surface area contributed by atoms with E-state index in [-0.39, 0.29) is 23.5 Å². The van der Waals surface area contributed by atoms with Gasteiger partial charge in [-0.05, 0) is 24.1 Å². The highest BCUT2D eigenvalue weighted by atomic mass is 32.2. The van der Waals surface area contributed by atoms with Crippen LogP contribution in [0.5, 0.6) is 0 Å². The molecule has 2 aromatic carbocycles. The summed E-state index contributed by atoms with van der Waals surface area (Å²) >= 11 is 0. The van der Waals surface area contributed by atoms with E-state index in [0.29, 0.717) is 5.56 Å². The van der Waals surface area contributed by atoms with Crippen molar-refractivity contribution in [2.75, 3.05) is 7.11 Å². The molecule has 0 unspecified atom stereocenters. The lowest BCUT2D eigenvalue weighted by molar-refractivity contribution is -0.385. The molecule has 2 aromatic rings. The summed E-state index contributed by atoms with van der Waals surface area (Å²) in [6, 6.07) is 9.94. The van der Waals surface area contributed by atoms with E-state index in [1.807, 2.05) is 12.1 Å². The summed E-state index contributed by atoms with van der Waals surface area (Å²) < 4.78 is 32.3. The molecule has 1 atom stereocenters. The first-order valence-corrected chi connectivity index (χ1v) is 9.61. The van der Waals surface area contributed by atoms with E-state index in [4.69, 9.17) is 4.74 Å². The first-order chi connectivity index (χ1) is 12.8. The molecule has 1 heterocycles.